The number of ketones is 1. The summed E-state index contributed by atoms with van der Waals surface area (Å²) in [5, 5.41) is 3.45. The number of unbranched alkanes of at least 4 members (excludes halogenated alkanes) is 2. The van der Waals surface area contributed by atoms with Crippen molar-refractivity contribution in [3.05, 3.63) is 44.5 Å². The van der Waals surface area contributed by atoms with Crippen LogP contribution < -0.4 is 0 Å². The third kappa shape index (κ3) is 6.31. The zero-order valence-corrected chi connectivity index (χ0v) is 19.7. The summed E-state index contributed by atoms with van der Waals surface area (Å²) < 4.78 is 0. The highest BCUT2D eigenvalue weighted by atomic mass is 32.1. The number of aryl methyl sites for hydroxylation is 1. The minimum absolute atomic E-state index is 0.0313. The van der Waals surface area contributed by atoms with Gasteiger partial charge in [0.1, 0.15) is 12.1 Å². The number of fused-ring (bicyclic) bond motifs is 1. The van der Waals surface area contributed by atoms with Gasteiger partial charge in [0, 0.05) is 33.9 Å². The monoisotopic (exact) mass is 441 g/mol. The van der Waals surface area contributed by atoms with E-state index in [0.717, 1.165) is 57.7 Å². The molecule has 0 amide bonds. The highest BCUT2D eigenvalue weighted by molar-refractivity contribution is 7.12. The maximum atomic E-state index is 13.0. The minimum Gasteiger partial charge on any atom is -0.303 e. The van der Waals surface area contributed by atoms with E-state index in [4.69, 9.17) is 0 Å². The summed E-state index contributed by atoms with van der Waals surface area (Å²) in [4.78, 5) is 37.6. The van der Waals surface area contributed by atoms with E-state index in [1.54, 1.807) is 0 Å². The molecule has 1 unspecified atom stereocenters. The Morgan fingerprint density at radius 1 is 1.29 bits per heavy atom. The number of thiophene rings is 1. The molecule has 0 saturated heterocycles. The number of nitroso groups, excluding NO2 is 1. The van der Waals surface area contributed by atoms with Crippen molar-refractivity contribution < 1.29 is 9.59 Å². The summed E-state index contributed by atoms with van der Waals surface area (Å²) in [7, 11) is 0. The van der Waals surface area contributed by atoms with Crippen molar-refractivity contribution in [2.75, 3.05) is 0 Å². The van der Waals surface area contributed by atoms with Crippen LogP contribution in [0.1, 0.15) is 80.5 Å². The molecule has 31 heavy (non-hydrogen) atoms. The van der Waals surface area contributed by atoms with E-state index in [0.29, 0.717) is 24.5 Å². The molecular formula is C26H35NO3S. The fraction of sp³-hybridized carbons (Fsp3) is 0.615. The second-order valence-corrected chi connectivity index (χ2v) is 10.9. The first-order valence-corrected chi connectivity index (χ1v) is 12.5. The summed E-state index contributed by atoms with van der Waals surface area (Å²) >= 11 is 1.82. The molecule has 1 saturated carbocycles. The Balaban J connectivity index is 1.55. The smallest absolute Gasteiger partial charge is 0.142 e. The number of rotatable bonds is 12. The average Bonchev–Trinajstić information content (AvgIpc) is 3.26. The summed E-state index contributed by atoms with van der Waals surface area (Å²) in [6.07, 6.45) is 18.1. The van der Waals surface area contributed by atoms with Gasteiger partial charge in [-0.25, -0.2) is 0 Å². The predicted octanol–water partition coefficient (Wildman–Crippen LogP) is 6.71. The Morgan fingerprint density at radius 3 is 2.87 bits per heavy atom. The van der Waals surface area contributed by atoms with Crippen molar-refractivity contribution in [3.8, 4) is 0 Å². The van der Waals surface area contributed by atoms with Gasteiger partial charge < -0.3 is 4.79 Å². The zero-order chi connectivity index (χ0) is 22.3. The normalized spacial score (nSPS) is 23.2. The first-order chi connectivity index (χ1) is 14.9. The number of Topliss-reactive ketones (excluding diaryl/α,β-unsaturated/α-hetero) is 1. The van der Waals surface area contributed by atoms with Crippen molar-refractivity contribution in [2.24, 2.45) is 22.4 Å². The highest BCUT2D eigenvalue weighted by Crippen LogP contribution is 2.46. The van der Waals surface area contributed by atoms with Crippen LogP contribution in [0, 0.1) is 22.2 Å². The van der Waals surface area contributed by atoms with E-state index in [1.807, 2.05) is 11.3 Å². The maximum Gasteiger partial charge on any atom is 0.142 e. The SMILES string of the molecule is CC1(C)C[C@H](CCC(Cc2cc3c(s2)CCC=C3)N=O)[C@@H](C/C=C\CCCC=O)C1=O. The van der Waals surface area contributed by atoms with E-state index in [1.165, 1.54) is 15.3 Å². The van der Waals surface area contributed by atoms with Crippen molar-refractivity contribution in [1.82, 2.24) is 0 Å². The van der Waals surface area contributed by atoms with Gasteiger partial charge in [-0.1, -0.05) is 43.3 Å². The quantitative estimate of drug-likeness (QED) is 0.157. The molecule has 1 heterocycles. The van der Waals surface area contributed by atoms with Crippen LogP contribution in [-0.2, 0) is 22.4 Å². The van der Waals surface area contributed by atoms with Gasteiger partial charge in [0.15, 0.2) is 0 Å². The molecule has 168 valence electrons. The summed E-state index contributed by atoms with van der Waals surface area (Å²) in [6.45, 7) is 4.10. The first kappa shape index (κ1) is 23.8. The van der Waals surface area contributed by atoms with Crippen LogP contribution in [0.5, 0.6) is 0 Å². The van der Waals surface area contributed by atoms with Crippen molar-refractivity contribution >= 4 is 29.5 Å². The minimum atomic E-state index is -0.288. The van der Waals surface area contributed by atoms with Crippen LogP contribution in [0.2, 0.25) is 0 Å². The number of nitrogens with zero attached hydrogens (tertiary/aromatic N) is 1. The van der Waals surface area contributed by atoms with Gasteiger partial charge in [-0.15, -0.1) is 11.3 Å². The second-order valence-electron chi connectivity index (χ2n) is 9.70. The van der Waals surface area contributed by atoms with Crippen LogP contribution in [0.4, 0.5) is 0 Å². The van der Waals surface area contributed by atoms with Gasteiger partial charge in [0.05, 0.1) is 6.04 Å². The van der Waals surface area contributed by atoms with E-state index >= 15 is 0 Å². The third-order valence-electron chi connectivity index (χ3n) is 6.78. The molecule has 2 aliphatic rings. The summed E-state index contributed by atoms with van der Waals surface area (Å²) in [6, 6.07) is 2.00. The molecule has 2 aliphatic carbocycles. The summed E-state index contributed by atoms with van der Waals surface area (Å²) in [5.74, 6) is 0.693. The molecule has 3 atom stereocenters. The Bertz CT molecular complexity index is 836. The summed E-state index contributed by atoms with van der Waals surface area (Å²) in [5.41, 5.74) is 1.02. The lowest BCUT2D eigenvalue weighted by atomic mass is 9.87. The molecule has 0 spiro atoms. The lowest BCUT2D eigenvalue weighted by molar-refractivity contribution is -0.127. The number of hydrogen-bond acceptors (Lipinski definition) is 5. The molecule has 0 aliphatic heterocycles. The molecule has 0 N–H and O–H groups in total. The molecule has 4 nitrogen and oxygen atoms in total. The van der Waals surface area contributed by atoms with E-state index in [2.05, 4.69) is 49.4 Å². The van der Waals surface area contributed by atoms with E-state index < -0.39 is 0 Å². The molecule has 1 fully saturated rings. The van der Waals surface area contributed by atoms with E-state index in [9.17, 15) is 14.5 Å². The van der Waals surface area contributed by atoms with Crippen LogP contribution in [0.15, 0.2) is 29.5 Å². The fourth-order valence-electron chi connectivity index (χ4n) is 5.09. The lowest BCUT2D eigenvalue weighted by Gasteiger charge is -2.18. The zero-order valence-electron chi connectivity index (χ0n) is 18.8. The molecule has 5 heteroatoms. The number of carbonyl (C=O) groups is 2. The molecule has 1 aromatic heterocycles. The molecule has 1 aromatic rings. The predicted molar refractivity (Wildman–Crippen MR) is 128 cm³/mol. The molecule has 0 aromatic carbocycles. The van der Waals surface area contributed by atoms with Gasteiger partial charge in [0.2, 0.25) is 0 Å². The van der Waals surface area contributed by atoms with Crippen LogP contribution in [-0.4, -0.2) is 18.1 Å². The topological polar surface area (TPSA) is 63.6 Å². The average molecular weight is 442 g/mol. The second kappa shape index (κ2) is 11.1. The Kier molecular flexibility index (Phi) is 8.53. The highest BCUT2D eigenvalue weighted by Gasteiger charge is 2.46. The Morgan fingerprint density at radius 2 is 2.13 bits per heavy atom. The van der Waals surface area contributed by atoms with Crippen LogP contribution in [0.3, 0.4) is 0 Å². The third-order valence-corrected chi connectivity index (χ3v) is 8.01. The standard InChI is InChI=1S/C26H35NO3S/c1-26(2)18-20(23(25(26)29)11-6-4-3-5-9-15-28)13-14-21(27-30)17-22-16-19-10-7-8-12-24(19)31-22/h4,6-7,10,15-16,20-21,23H,3,5,8-9,11-14,17-18H2,1-2H3/b6-4-/t20-,21?,23+/m0/s1. The van der Waals surface area contributed by atoms with Crippen molar-refractivity contribution in [1.29, 1.82) is 0 Å². The molecule has 3 rings (SSSR count). The number of hydrogen-bond donors (Lipinski definition) is 0. The van der Waals surface area contributed by atoms with Crippen molar-refractivity contribution in [3.63, 3.8) is 0 Å². The van der Waals surface area contributed by atoms with Gasteiger partial charge in [-0.3, -0.25) is 4.79 Å². The number of carbonyl (C=O) groups excluding carboxylic acids is 2. The van der Waals surface area contributed by atoms with Crippen LogP contribution in [0.25, 0.3) is 6.08 Å². The molecular weight excluding hydrogens is 406 g/mol. The van der Waals surface area contributed by atoms with Gasteiger partial charge in [0.25, 0.3) is 0 Å². The number of aldehydes is 1. The molecule has 0 radical (unpaired) electrons. The molecule has 0 bridgehead atoms. The first-order valence-electron chi connectivity index (χ1n) is 11.7. The van der Waals surface area contributed by atoms with Gasteiger partial charge >= 0.3 is 0 Å². The largest absolute Gasteiger partial charge is 0.303 e. The van der Waals surface area contributed by atoms with Crippen molar-refractivity contribution in [2.45, 2.75) is 84.1 Å². The number of allylic oxidation sites excluding steroid dienone is 3. The van der Waals surface area contributed by atoms with E-state index in [-0.39, 0.29) is 17.4 Å². The van der Waals surface area contributed by atoms with Crippen LogP contribution >= 0.6 is 11.3 Å². The maximum absolute atomic E-state index is 13.0. The van der Waals surface area contributed by atoms with Gasteiger partial charge in [-0.05, 0) is 68.9 Å². The fourth-order valence-corrected chi connectivity index (χ4v) is 6.33. The Labute approximate surface area is 190 Å². The van der Waals surface area contributed by atoms with Gasteiger partial charge in [-0.2, -0.15) is 4.91 Å². The lowest BCUT2D eigenvalue weighted by Crippen LogP contribution is -2.22. The Hall–Kier alpha value is -1.88.